The SMILES string of the molecule is Cc1ccc([C@H]2NC(=O)N(CC(=O)Nc3ccccc3F)C3=C2C(=O)OC3)cc1. The van der Waals surface area contributed by atoms with Crippen molar-refractivity contribution in [3.05, 3.63) is 76.7 Å². The lowest BCUT2D eigenvalue weighted by Gasteiger charge is -2.32. The summed E-state index contributed by atoms with van der Waals surface area (Å²) in [6, 6.07) is 12.0. The number of nitrogens with one attached hydrogen (secondary N) is 2. The van der Waals surface area contributed by atoms with E-state index >= 15 is 0 Å². The number of esters is 1. The summed E-state index contributed by atoms with van der Waals surface area (Å²) in [7, 11) is 0. The van der Waals surface area contributed by atoms with Gasteiger partial charge in [-0.25, -0.2) is 14.0 Å². The van der Waals surface area contributed by atoms with Gasteiger partial charge in [-0.15, -0.1) is 0 Å². The minimum atomic E-state index is -0.654. The molecule has 2 aliphatic heterocycles. The second kappa shape index (κ2) is 7.38. The van der Waals surface area contributed by atoms with Gasteiger partial charge in [-0.3, -0.25) is 9.69 Å². The van der Waals surface area contributed by atoms with Crippen LogP contribution in [0.15, 0.2) is 59.8 Å². The molecule has 4 rings (SSSR count). The molecule has 148 valence electrons. The third kappa shape index (κ3) is 3.56. The van der Waals surface area contributed by atoms with Gasteiger partial charge in [0.25, 0.3) is 0 Å². The molecule has 0 bridgehead atoms. The highest BCUT2D eigenvalue weighted by Crippen LogP contribution is 2.35. The van der Waals surface area contributed by atoms with Gasteiger partial charge in [0.15, 0.2) is 0 Å². The summed E-state index contributed by atoms with van der Waals surface area (Å²) in [5.41, 5.74) is 2.44. The molecule has 2 N–H and O–H groups in total. The molecule has 8 heteroatoms. The van der Waals surface area contributed by atoms with Crippen molar-refractivity contribution < 1.29 is 23.5 Å². The van der Waals surface area contributed by atoms with Crippen LogP contribution < -0.4 is 10.6 Å². The summed E-state index contributed by atoms with van der Waals surface area (Å²) < 4.78 is 18.9. The predicted molar refractivity (Wildman–Crippen MR) is 102 cm³/mol. The molecule has 2 heterocycles. The Bertz CT molecular complexity index is 1030. The Labute approximate surface area is 166 Å². The molecule has 2 aromatic rings. The second-order valence-electron chi connectivity index (χ2n) is 6.84. The van der Waals surface area contributed by atoms with E-state index in [0.29, 0.717) is 11.3 Å². The molecule has 0 radical (unpaired) electrons. The van der Waals surface area contributed by atoms with Gasteiger partial charge in [0, 0.05) is 0 Å². The molecule has 2 aliphatic rings. The van der Waals surface area contributed by atoms with Crippen LogP contribution in [-0.2, 0) is 14.3 Å². The van der Waals surface area contributed by atoms with E-state index in [-0.39, 0.29) is 18.8 Å². The summed E-state index contributed by atoms with van der Waals surface area (Å²) in [5.74, 6) is -1.71. The Morgan fingerprint density at radius 2 is 1.93 bits per heavy atom. The number of halogens is 1. The molecule has 0 spiro atoms. The van der Waals surface area contributed by atoms with Crippen molar-refractivity contribution in [2.24, 2.45) is 0 Å². The molecule has 0 aromatic heterocycles. The fourth-order valence-corrected chi connectivity index (χ4v) is 3.38. The maximum atomic E-state index is 13.8. The molecule has 0 saturated carbocycles. The maximum Gasteiger partial charge on any atom is 0.338 e. The molecule has 0 fully saturated rings. The zero-order chi connectivity index (χ0) is 20.5. The molecular formula is C21H18FN3O4. The number of urea groups is 1. The molecule has 7 nitrogen and oxygen atoms in total. The number of cyclic esters (lactones) is 1. The second-order valence-corrected chi connectivity index (χ2v) is 6.84. The van der Waals surface area contributed by atoms with Gasteiger partial charge in [0.2, 0.25) is 5.91 Å². The topological polar surface area (TPSA) is 87.7 Å². The summed E-state index contributed by atoms with van der Waals surface area (Å²) in [6.45, 7) is 1.46. The zero-order valence-corrected chi connectivity index (χ0v) is 15.6. The van der Waals surface area contributed by atoms with E-state index in [1.54, 1.807) is 6.07 Å². The first-order valence-corrected chi connectivity index (χ1v) is 9.03. The van der Waals surface area contributed by atoms with Gasteiger partial charge < -0.3 is 15.4 Å². The van der Waals surface area contributed by atoms with Crippen LogP contribution in [-0.4, -0.2) is 36.0 Å². The molecule has 0 aliphatic carbocycles. The van der Waals surface area contributed by atoms with Gasteiger partial charge in [-0.05, 0) is 24.6 Å². The van der Waals surface area contributed by atoms with Crippen molar-refractivity contribution >= 4 is 23.6 Å². The first kappa shape index (κ1) is 18.7. The van der Waals surface area contributed by atoms with E-state index in [0.717, 1.165) is 16.0 Å². The first-order chi connectivity index (χ1) is 13.9. The van der Waals surface area contributed by atoms with E-state index in [1.165, 1.54) is 18.2 Å². The van der Waals surface area contributed by atoms with Gasteiger partial charge in [-0.1, -0.05) is 42.0 Å². The molecule has 0 saturated heterocycles. The van der Waals surface area contributed by atoms with Crippen LogP contribution in [0, 0.1) is 12.7 Å². The van der Waals surface area contributed by atoms with Gasteiger partial charge in [0.05, 0.1) is 23.0 Å². The number of benzene rings is 2. The van der Waals surface area contributed by atoms with Crippen molar-refractivity contribution in [1.29, 1.82) is 0 Å². The van der Waals surface area contributed by atoms with Crippen LogP contribution in [0.2, 0.25) is 0 Å². The van der Waals surface area contributed by atoms with Crippen molar-refractivity contribution in [1.82, 2.24) is 10.2 Å². The normalized spacial score (nSPS) is 18.3. The van der Waals surface area contributed by atoms with Crippen molar-refractivity contribution in [2.75, 3.05) is 18.5 Å². The van der Waals surface area contributed by atoms with Crippen molar-refractivity contribution in [3.8, 4) is 0 Å². The Morgan fingerprint density at radius 1 is 1.21 bits per heavy atom. The van der Waals surface area contributed by atoms with Crippen molar-refractivity contribution in [3.63, 3.8) is 0 Å². The van der Waals surface area contributed by atoms with Crippen LogP contribution in [0.25, 0.3) is 0 Å². The van der Waals surface area contributed by atoms with E-state index in [9.17, 15) is 18.8 Å². The van der Waals surface area contributed by atoms with Gasteiger partial charge in [0.1, 0.15) is 19.0 Å². The number of hydrogen-bond acceptors (Lipinski definition) is 4. The molecule has 0 unspecified atom stereocenters. The number of carbonyl (C=O) groups excluding carboxylic acids is 3. The average molecular weight is 395 g/mol. The van der Waals surface area contributed by atoms with Crippen LogP contribution >= 0.6 is 0 Å². The highest BCUT2D eigenvalue weighted by Gasteiger charge is 2.42. The van der Waals surface area contributed by atoms with Crippen LogP contribution in [0.4, 0.5) is 14.9 Å². The smallest absolute Gasteiger partial charge is 0.338 e. The number of hydrogen-bond donors (Lipinski definition) is 2. The van der Waals surface area contributed by atoms with E-state index in [2.05, 4.69) is 10.6 Å². The molecule has 2 aromatic carbocycles. The number of amides is 3. The van der Waals surface area contributed by atoms with Crippen LogP contribution in [0.5, 0.6) is 0 Å². The third-order valence-electron chi connectivity index (χ3n) is 4.86. The fraction of sp³-hybridized carbons (Fsp3) is 0.190. The Morgan fingerprint density at radius 3 is 2.66 bits per heavy atom. The molecule has 29 heavy (non-hydrogen) atoms. The Balaban J connectivity index is 1.60. The van der Waals surface area contributed by atoms with Gasteiger partial charge >= 0.3 is 12.0 Å². The van der Waals surface area contributed by atoms with E-state index < -0.39 is 29.8 Å². The van der Waals surface area contributed by atoms with Crippen molar-refractivity contribution in [2.45, 2.75) is 13.0 Å². The van der Waals surface area contributed by atoms with Gasteiger partial charge in [-0.2, -0.15) is 0 Å². The third-order valence-corrected chi connectivity index (χ3v) is 4.86. The predicted octanol–water partition coefficient (Wildman–Crippen LogP) is 2.65. The summed E-state index contributed by atoms with van der Waals surface area (Å²) in [4.78, 5) is 38.6. The Hall–Kier alpha value is -3.68. The Kier molecular flexibility index (Phi) is 4.75. The number of ether oxygens (including phenoxy) is 1. The lowest BCUT2D eigenvalue weighted by Crippen LogP contribution is -2.49. The lowest BCUT2D eigenvalue weighted by molar-refractivity contribution is -0.136. The number of rotatable bonds is 4. The average Bonchev–Trinajstić information content (AvgIpc) is 3.08. The standard InChI is InChI=1S/C21H18FN3O4/c1-12-6-8-13(9-7-12)19-18-16(11-29-20(18)27)25(21(28)24-19)10-17(26)23-15-5-3-2-4-14(15)22/h2-9,19H,10-11H2,1H3,(H,23,26)(H,24,28)/t19-/m1/s1. The number of carbonyl (C=O) groups is 3. The quantitative estimate of drug-likeness (QED) is 0.779. The van der Waals surface area contributed by atoms with E-state index in [1.807, 2.05) is 31.2 Å². The van der Waals surface area contributed by atoms with Crippen LogP contribution in [0.1, 0.15) is 17.2 Å². The molecule has 1 atom stereocenters. The summed E-state index contributed by atoms with van der Waals surface area (Å²) in [6.07, 6.45) is 0. The highest BCUT2D eigenvalue weighted by molar-refractivity contribution is 6.00. The highest BCUT2D eigenvalue weighted by atomic mass is 19.1. The van der Waals surface area contributed by atoms with Crippen LogP contribution in [0.3, 0.4) is 0 Å². The number of aryl methyl sites for hydroxylation is 1. The molecular weight excluding hydrogens is 377 g/mol. The number of anilines is 1. The largest absolute Gasteiger partial charge is 0.456 e. The number of para-hydroxylation sites is 1. The maximum absolute atomic E-state index is 13.8. The minimum Gasteiger partial charge on any atom is -0.456 e. The number of nitrogens with zero attached hydrogens (tertiary/aromatic N) is 1. The zero-order valence-electron chi connectivity index (χ0n) is 15.6. The van der Waals surface area contributed by atoms with E-state index in [4.69, 9.17) is 4.74 Å². The fourth-order valence-electron chi connectivity index (χ4n) is 3.38. The lowest BCUT2D eigenvalue weighted by atomic mass is 9.95. The summed E-state index contributed by atoms with van der Waals surface area (Å²) in [5, 5.41) is 5.19. The summed E-state index contributed by atoms with van der Waals surface area (Å²) >= 11 is 0. The first-order valence-electron chi connectivity index (χ1n) is 9.03. The minimum absolute atomic E-state index is 0.0143. The monoisotopic (exact) mass is 395 g/mol. The molecule has 3 amide bonds.